The van der Waals surface area contributed by atoms with Gasteiger partial charge < -0.3 is 15.0 Å². The quantitative estimate of drug-likeness (QED) is 0.813. The second kappa shape index (κ2) is 6.52. The van der Waals surface area contributed by atoms with Crippen LogP contribution >= 0.6 is 0 Å². The lowest BCUT2D eigenvalue weighted by Crippen LogP contribution is -2.36. The van der Waals surface area contributed by atoms with E-state index in [-0.39, 0.29) is 9.80 Å². The lowest BCUT2D eigenvalue weighted by atomic mass is 10.2. The first-order valence-electron chi connectivity index (χ1n) is 7.79. The number of benzene rings is 1. The van der Waals surface area contributed by atoms with Crippen LogP contribution < -0.4 is 10.2 Å². The lowest BCUT2D eigenvalue weighted by Gasteiger charge is -2.30. The highest BCUT2D eigenvalue weighted by Gasteiger charge is 2.41. The number of hydrogen-bond acceptors (Lipinski definition) is 5. The van der Waals surface area contributed by atoms with Gasteiger partial charge in [-0.25, -0.2) is 12.8 Å². The average Bonchev–Trinajstić information content (AvgIpc) is 3.00. The minimum atomic E-state index is -4.05. The van der Waals surface area contributed by atoms with Crippen molar-refractivity contribution < 1.29 is 22.3 Å². The number of nitrogens with one attached hydrogen (secondary N) is 1. The summed E-state index contributed by atoms with van der Waals surface area (Å²) in [6.07, 6.45) is 1.85. The number of carbonyl (C=O) groups excluding carboxylic acids is 1. The van der Waals surface area contributed by atoms with Crippen molar-refractivity contribution in [3.63, 3.8) is 0 Å². The van der Waals surface area contributed by atoms with E-state index >= 15 is 0 Å². The minimum absolute atomic E-state index is 0.143. The van der Waals surface area contributed by atoms with Crippen LogP contribution in [0.15, 0.2) is 33.7 Å². The predicted octanol–water partition coefficient (Wildman–Crippen LogP) is 1.58. The number of fused-ring (bicyclic) bond motifs is 3. The number of ether oxygens (including phenoxy) is 1. The average molecular weight is 354 g/mol. The van der Waals surface area contributed by atoms with Gasteiger partial charge in [0.1, 0.15) is 5.82 Å². The maximum atomic E-state index is 13.6. The van der Waals surface area contributed by atoms with Gasteiger partial charge in [-0.05, 0) is 37.5 Å². The lowest BCUT2D eigenvalue weighted by molar-refractivity contribution is -0.116. The molecule has 3 rings (SSSR count). The fourth-order valence-electron chi connectivity index (χ4n) is 3.12. The molecule has 1 aromatic carbocycles. The van der Waals surface area contributed by atoms with Crippen molar-refractivity contribution >= 4 is 21.4 Å². The second-order valence-electron chi connectivity index (χ2n) is 5.75. The number of hydrogen-bond donors (Lipinski definition) is 1. The van der Waals surface area contributed by atoms with Gasteiger partial charge in [0.25, 0.3) is 5.91 Å². The van der Waals surface area contributed by atoms with E-state index in [1.165, 1.54) is 12.1 Å². The van der Waals surface area contributed by atoms with Crippen LogP contribution in [-0.2, 0) is 19.4 Å². The van der Waals surface area contributed by atoms with Gasteiger partial charge in [-0.3, -0.25) is 4.79 Å². The Morgan fingerprint density at radius 2 is 2.21 bits per heavy atom. The highest BCUT2D eigenvalue weighted by atomic mass is 32.2. The molecule has 6 nitrogen and oxygen atoms in total. The summed E-state index contributed by atoms with van der Waals surface area (Å²) in [5.74, 6) is -1.28. The van der Waals surface area contributed by atoms with Crippen LogP contribution in [0.25, 0.3) is 0 Å². The van der Waals surface area contributed by atoms with Crippen molar-refractivity contribution in [1.82, 2.24) is 5.32 Å². The smallest absolute Gasteiger partial charge is 0.265 e. The molecule has 0 atom stereocenters. The first kappa shape index (κ1) is 16.9. The fourth-order valence-corrected chi connectivity index (χ4v) is 4.90. The Hall–Kier alpha value is -1.93. The predicted molar refractivity (Wildman–Crippen MR) is 86.7 cm³/mol. The van der Waals surface area contributed by atoms with E-state index in [0.29, 0.717) is 43.9 Å². The Labute approximate surface area is 140 Å². The molecular formula is C16H19FN2O4S. The molecule has 1 amide bonds. The fraction of sp³-hybridized carbons (Fsp3) is 0.438. The summed E-state index contributed by atoms with van der Waals surface area (Å²) in [7, 11) is -2.49. The zero-order chi connectivity index (χ0) is 17.3. The molecule has 0 aliphatic carbocycles. The molecule has 24 heavy (non-hydrogen) atoms. The van der Waals surface area contributed by atoms with Crippen LogP contribution in [0, 0.1) is 5.82 Å². The number of methoxy groups -OCH3 is 1. The number of allylic oxidation sites excluding steroid dienone is 1. The molecule has 1 aromatic rings. The van der Waals surface area contributed by atoms with E-state index in [1.807, 2.05) is 0 Å². The number of rotatable bonds is 5. The monoisotopic (exact) mass is 354 g/mol. The molecule has 1 N–H and O–H groups in total. The van der Waals surface area contributed by atoms with Crippen LogP contribution in [0.2, 0.25) is 0 Å². The van der Waals surface area contributed by atoms with Crippen molar-refractivity contribution in [3.05, 3.63) is 34.6 Å². The number of anilines is 1. The normalized spacial score (nSPS) is 18.3. The number of carbonyl (C=O) groups is 1. The molecule has 1 fully saturated rings. The van der Waals surface area contributed by atoms with Gasteiger partial charge >= 0.3 is 0 Å². The van der Waals surface area contributed by atoms with Crippen molar-refractivity contribution in [2.45, 2.75) is 24.2 Å². The Bertz CT molecular complexity index is 804. The number of amides is 1. The third-order valence-electron chi connectivity index (χ3n) is 4.17. The van der Waals surface area contributed by atoms with Crippen molar-refractivity contribution in [2.75, 3.05) is 31.7 Å². The van der Waals surface area contributed by atoms with Gasteiger partial charge in [0.05, 0.1) is 10.6 Å². The SMILES string of the molecule is COCCCNC(=O)C1=C2CCCN2c2ccc(F)cc2S1(=O)=O. The van der Waals surface area contributed by atoms with E-state index in [9.17, 15) is 17.6 Å². The Balaban J connectivity index is 2.00. The molecule has 0 spiro atoms. The van der Waals surface area contributed by atoms with Crippen LogP contribution in [0.3, 0.4) is 0 Å². The third-order valence-corrected chi connectivity index (χ3v) is 6.04. The van der Waals surface area contributed by atoms with E-state index in [1.54, 1.807) is 12.0 Å². The van der Waals surface area contributed by atoms with Crippen molar-refractivity contribution in [3.8, 4) is 0 Å². The van der Waals surface area contributed by atoms with Gasteiger partial charge in [-0.2, -0.15) is 0 Å². The summed E-state index contributed by atoms with van der Waals surface area (Å²) in [4.78, 5) is 13.9. The molecule has 1 saturated heterocycles. The van der Waals surface area contributed by atoms with Gasteiger partial charge in [-0.1, -0.05) is 0 Å². The number of halogens is 1. The van der Waals surface area contributed by atoms with Gasteiger partial charge in [0.15, 0.2) is 4.91 Å². The molecule has 0 saturated carbocycles. The Kier molecular flexibility index (Phi) is 4.60. The molecule has 0 unspecified atom stereocenters. The molecule has 2 heterocycles. The maximum Gasteiger partial charge on any atom is 0.265 e. The van der Waals surface area contributed by atoms with Crippen molar-refractivity contribution in [1.29, 1.82) is 0 Å². The third kappa shape index (κ3) is 2.80. The van der Waals surface area contributed by atoms with Crippen molar-refractivity contribution in [2.24, 2.45) is 0 Å². The zero-order valence-corrected chi connectivity index (χ0v) is 14.2. The molecule has 8 heteroatoms. The molecule has 2 aliphatic rings. The summed E-state index contributed by atoms with van der Waals surface area (Å²) in [5.41, 5.74) is 0.943. The first-order valence-corrected chi connectivity index (χ1v) is 9.27. The van der Waals surface area contributed by atoms with Crippen LogP contribution in [0.4, 0.5) is 10.1 Å². The standard InChI is InChI=1S/C16H19FN2O4S/c1-23-9-3-7-18-16(20)15-13-4-2-8-19(13)12-6-5-11(17)10-14(12)24(15,21)22/h5-6,10H,2-4,7-9H2,1H3,(H,18,20). The number of nitrogens with zero attached hydrogens (tertiary/aromatic N) is 1. The van der Waals surface area contributed by atoms with E-state index < -0.39 is 21.6 Å². The van der Waals surface area contributed by atoms with E-state index in [4.69, 9.17) is 4.74 Å². The summed E-state index contributed by atoms with van der Waals surface area (Å²) >= 11 is 0. The highest BCUT2D eigenvalue weighted by molar-refractivity contribution is 7.96. The molecular weight excluding hydrogens is 335 g/mol. The Morgan fingerprint density at radius 3 is 2.96 bits per heavy atom. The van der Waals surface area contributed by atoms with Crippen LogP contribution in [0.5, 0.6) is 0 Å². The van der Waals surface area contributed by atoms with E-state index in [2.05, 4.69) is 5.32 Å². The summed E-state index contributed by atoms with van der Waals surface area (Å²) in [6, 6.07) is 3.68. The summed E-state index contributed by atoms with van der Waals surface area (Å²) in [6.45, 7) is 1.40. The minimum Gasteiger partial charge on any atom is -0.385 e. The summed E-state index contributed by atoms with van der Waals surface area (Å²) in [5, 5.41) is 2.62. The van der Waals surface area contributed by atoms with Crippen LogP contribution in [-0.4, -0.2) is 41.1 Å². The van der Waals surface area contributed by atoms with E-state index in [0.717, 1.165) is 12.5 Å². The highest BCUT2D eigenvalue weighted by Crippen LogP contribution is 2.43. The topological polar surface area (TPSA) is 75.7 Å². The molecule has 0 radical (unpaired) electrons. The number of sulfone groups is 1. The molecule has 0 aromatic heterocycles. The summed E-state index contributed by atoms with van der Waals surface area (Å²) < 4.78 is 44.3. The van der Waals surface area contributed by atoms with Crippen LogP contribution in [0.1, 0.15) is 19.3 Å². The second-order valence-corrected chi connectivity index (χ2v) is 7.60. The van der Waals surface area contributed by atoms with Gasteiger partial charge in [0, 0.05) is 32.5 Å². The van der Waals surface area contributed by atoms with Gasteiger partial charge in [-0.15, -0.1) is 0 Å². The molecule has 130 valence electrons. The molecule has 0 bridgehead atoms. The zero-order valence-electron chi connectivity index (χ0n) is 13.3. The van der Waals surface area contributed by atoms with Gasteiger partial charge in [0.2, 0.25) is 9.84 Å². The largest absolute Gasteiger partial charge is 0.385 e. The molecule has 2 aliphatic heterocycles. The first-order chi connectivity index (χ1) is 11.5. The Morgan fingerprint density at radius 1 is 1.42 bits per heavy atom. The maximum absolute atomic E-state index is 13.6.